The molecule has 0 radical (unpaired) electrons. The van der Waals surface area contributed by atoms with Gasteiger partial charge in [-0.25, -0.2) is 4.39 Å². The summed E-state index contributed by atoms with van der Waals surface area (Å²) in [5.41, 5.74) is 0.401. The molecule has 1 nitrogen and oxygen atoms in total. The molecular weight excluding hydrogens is 486 g/mol. The highest BCUT2D eigenvalue weighted by Gasteiger charge is 2.41. The van der Waals surface area contributed by atoms with E-state index in [1.54, 1.807) is 18.2 Å². The fourth-order valence-corrected chi connectivity index (χ4v) is 9.34. The Morgan fingerprint density at radius 3 is 1.77 bits per heavy atom. The van der Waals surface area contributed by atoms with Crippen molar-refractivity contribution < 1.29 is 13.5 Å². The highest BCUT2D eigenvalue weighted by atomic mass is 19.2. The van der Waals surface area contributed by atoms with Gasteiger partial charge >= 0.3 is 0 Å². The van der Waals surface area contributed by atoms with Crippen molar-refractivity contribution in [1.29, 1.82) is 0 Å². The summed E-state index contributed by atoms with van der Waals surface area (Å²) in [4.78, 5) is 0. The third kappa shape index (κ3) is 7.28. The van der Waals surface area contributed by atoms with Crippen LogP contribution in [0.5, 0.6) is 5.75 Å². The van der Waals surface area contributed by atoms with Gasteiger partial charge in [-0.15, -0.1) is 6.58 Å². The van der Waals surface area contributed by atoms with Gasteiger partial charge in [-0.05, 0) is 149 Å². The summed E-state index contributed by atoms with van der Waals surface area (Å²) in [5, 5.41) is 0. The summed E-state index contributed by atoms with van der Waals surface area (Å²) in [6, 6.07) is 3.27. The first kappa shape index (κ1) is 29.1. The third-order valence-electron chi connectivity index (χ3n) is 11.7. The topological polar surface area (TPSA) is 9.23 Å². The van der Waals surface area contributed by atoms with Gasteiger partial charge in [0.2, 0.25) is 5.82 Å². The first-order valence-corrected chi connectivity index (χ1v) is 16.8. The molecule has 4 aliphatic carbocycles. The quantitative estimate of drug-likeness (QED) is 0.268. The second-order valence-corrected chi connectivity index (χ2v) is 14.0. The van der Waals surface area contributed by atoms with Crippen molar-refractivity contribution in [3.05, 3.63) is 42.0 Å². The van der Waals surface area contributed by atoms with E-state index in [4.69, 9.17) is 4.74 Å². The number of benzene rings is 1. The van der Waals surface area contributed by atoms with E-state index in [1.165, 1.54) is 103 Å². The summed E-state index contributed by atoms with van der Waals surface area (Å²) in [5.74, 6) is 5.82. The summed E-state index contributed by atoms with van der Waals surface area (Å²) in [7, 11) is 0. The average molecular weight is 541 g/mol. The Hall–Kier alpha value is -1.38. The van der Waals surface area contributed by atoms with Crippen molar-refractivity contribution in [3.63, 3.8) is 0 Å². The number of halogens is 2. The van der Waals surface area contributed by atoms with Crippen LogP contribution in [0.2, 0.25) is 0 Å². The lowest BCUT2D eigenvalue weighted by Gasteiger charge is -2.47. The van der Waals surface area contributed by atoms with E-state index < -0.39 is 11.6 Å². The predicted octanol–water partition coefficient (Wildman–Crippen LogP) is 10.7. The van der Waals surface area contributed by atoms with Gasteiger partial charge in [0, 0.05) is 0 Å². The summed E-state index contributed by atoms with van der Waals surface area (Å²) in [6.07, 6.45) is 25.6. The Kier molecular flexibility index (Phi) is 10.5. The van der Waals surface area contributed by atoms with Crippen molar-refractivity contribution in [2.45, 2.75) is 122 Å². The van der Waals surface area contributed by atoms with Crippen LogP contribution in [0.3, 0.4) is 0 Å². The normalized spacial score (nSPS) is 35.3. The lowest BCUT2D eigenvalue weighted by molar-refractivity contribution is 0.0351. The van der Waals surface area contributed by atoms with Crippen LogP contribution in [0.4, 0.5) is 8.78 Å². The Bertz CT molecular complexity index is 911. The second-order valence-electron chi connectivity index (χ2n) is 14.0. The summed E-state index contributed by atoms with van der Waals surface area (Å²) < 4.78 is 34.7. The van der Waals surface area contributed by atoms with E-state index >= 15 is 0 Å². The van der Waals surface area contributed by atoms with Crippen molar-refractivity contribution in [3.8, 4) is 5.75 Å². The minimum atomic E-state index is -0.832. The van der Waals surface area contributed by atoms with Crippen LogP contribution in [-0.4, -0.2) is 6.61 Å². The van der Waals surface area contributed by atoms with Gasteiger partial charge in [0.1, 0.15) is 0 Å². The molecule has 0 spiro atoms. The van der Waals surface area contributed by atoms with Crippen molar-refractivity contribution in [1.82, 2.24) is 0 Å². The monoisotopic (exact) mass is 540 g/mol. The fraction of sp³-hybridized carbons (Fsp3) is 0.778. The van der Waals surface area contributed by atoms with Crippen LogP contribution in [-0.2, 0) is 6.42 Å². The average Bonchev–Trinajstić information content (AvgIpc) is 2.98. The van der Waals surface area contributed by atoms with E-state index in [1.807, 2.05) is 0 Å². The molecule has 4 fully saturated rings. The maximum Gasteiger partial charge on any atom is 0.200 e. The summed E-state index contributed by atoms with van der Waals surface area (Å²) >= 11 is 0. The molecule has 0 saturated heterocycles. The van der Waals surface area contributed by atoms with Gasteiger partial charge in [0.05, 0.1) is 6.61 Å². The van der Waals surface area contributed by atoms with Gasteiger partial charge in [-0.1, -0.05) is 44.7 Å². The number of ether oxygens (including phenoxy) is 1. The molecule has 0 amide bonds. The van der Waals surface area contributed by atoms with Crippen LogP contribution in [0, 0.1) is 59.0 Å². The maximum absolute atomic E-state index is 14.5. The smallest absolute Gasteiger partial charge is 0.200 e. The SMILES string of the molecule is C=CCCc1ccc(OCC2CCC(C3CCC4CC(C5CCC(CCC)CC5)CCC4C3)CC2)c(F)c1F. The van der Waals surface area contributed by atoms with E-state index in [0.717, 1.165) is 41.4 Å². The van der Waals surface area contributed by atoms with E-state index in [0.29, 0.717) is 30.9 Å². The molecule has 3 heteroatoms. The molecule has 4 unspecified atom stereocenters. The molecule has 4 saturated carbocycles. The molecule has 0 heterocycles. The highest BCUT2D eigenvalue weighted by Crippen LogP contribution is 2.51. The lowest BCUT2D eigenvalue weighted by atomic mass is 9.58. The van der Waals surface area contributed by atoms with Crippen LogP contribution in [0.25, 0.3) is 0 Å². The number of allylic oxidation sites excluding steroid dienone is 1. The fourth-order valence-electron chi connectivity index (χ4n) is 9.34. The highest BCUT2D eigenvalue weighted by molar-refractivity contribution is 5.31. The molecule has 0 aromatic heterocycles. The number of fused-ring (bicyclic) bond motifs is 1. The van der Waals surface area contributed by atoms with E-state index in [2.05, 4.69) is 13.5 Å². The largest absolute Gasteiger partial charge is 0.490 e. The molecule has 4 atom stereocenters. The molecule has 0 bridgehead atoms. The minimum absolute atomic E-state index is 0.0694. The van der Waals surface area contributed by atoms with Crippen molar-refractivity contribution in [2.24, 2.45) is 47.3 Å². The number of hydrogen-bond acceptors (Lipinski definition) is 1. The molecule has 1 aromatic carbocycles. The van der Waals surface area contributed by atoms with Crippen LogP contribution in [0.1, 0.15) is 122 Å². The zero-order valence-corrected chi connectivity index (χ0v) is 24.7. The third-order valence-corrected chi connectivity index (χ3v) is 11.7. The first-order chi connectivity index (χ1) is 19.1. The van der Waals surface area contributed by atoms with Gasteiger partial charge < -0.3 is 4.74 Å². The predicted molar refractivity (Wildman–Crippen MR) is 158 cm³/mol. The van der Waals surface area contributed by atoms with Gasteiger partial charge in [0.25, 0.3) is 0 Å². The van der Waals surface area contributed by atoms with Gasteiger partial charge in [0.15, 0.2) is 11.6 Å². The molecule has 4 aliphatic rings. The van der Waals surface area contributed by atoms with Crippen LogP contribution < -0.4 is 4.74 Å². The minimum Gasteiger partial charge on any atom is -0.490 e. The van der Waals surface area contributed by atoms with Gasteiger partial charge in [-0.3, -0.25) is 0 Å². The molecule has 0 N–H and O–H groups in total. The second kappa shape index (κ2) is 14.0. The Morgan fingerprint density at radius 2 is 1.23 bits per heavy atom. The van der Waals surface area contributed by atoms with Crippen molar-refractivity contribution >= 4 is 0 Å². The molecule has 5 rings (SSSR count). The maximum atomic E-state index is 14.5. The van der Waals surface area contributed by atoms with Crippen molar-refractivity contribution in [2.75, 3.05) is 6.61 Å². The zero-order valence-electron chi connectivity index (χ0n) is 24.7. The molecule has 1 aromatic rings. The molecule has 39 heavy (non-hydrogen) atoms. The van der Waals surface area contributed by atoms with E-state index in [9.17, 15) is 8.78 Å². The Labute approximate surface area is 237 Å². The first-order valence-electron chi connectivity index (χ1n) is 16.8. The van der Waals surface area contributed by atoms with Crippen LogP contribution >= 0.6 is 0 Å². The number of hydrogen-bond donors (Lipinski definition) is 0. The zero-order chi connectivity index (χ0) is 27.2. The Balaban J connectivity index is 1.03. The molecular formula is C36H54F2O. The molecule has 0 aliphatic heterocycles. The number of rotatable bonds is 10. The number of aryl methyl sites for hydroxylation is 1. The summed E-state index contributed by atoms with van der Waals surface area (Å²) in [6.45, 7) is 6.52. The van der Waals surface area contributed by atoms with Gasteiger partial charge in [-0.2, -0.15) is 4.39 Å². The Morgan fingerprint density at radius 1 is 0.718 bits per heavy atom. The standard InChI is InChI=1S/C36H54F2O/c1-3-5-7-29-20-21-34(36(38)35(29)37)39-24-26-10-14-28(15-11-26)31-17-19-32-22-30(16-18-33(32)23-31)27-12-8-25(6-4-2)9-13-27/h3,20-21,25-28,30-33H,1,4-19,22-24H2,2H3. The lowest BCUT2D eigenvalue weighted by Crippen LogP contribution is -2.37. The molecule has 218 valence electrons. The van der Waals surface area contributed by atoms with E-state index in [-0.39, 0.29) is 5.75 Å². The van der Waals surface area contributed by atoms with Crippen LogP contribution in [0.15, 0.2) is 24.8 Å².